The number of pyridine rings is 1. The standard InChI is InChI=1S/C11H15N5.HI/c1-12-11(13-2)14-7-9-8-16-6-4-3-5-10(16)15-9;/h3-6,8H,7H2,1-2H3,(H2,12,13,14);1H. The highest BCUT2D eigenvalue weighted by atomic mass is 127. The van der Waals surface area contributed by atoms with Crippen LogP contribution >= 0.6 is 24.0 Å². The van der Waals surface area contributed by atoms with Crippen molar-refractivity contribution < 1.29 is 0 Å². The molecule has 0 aliphatic heterocycles. The van der Waals surface area contributed by atoms with Gasteiger partial charge in [-0.25, -0.2) is 4.98 Å². The maximum atomic E-state index is 4.47. The van der Waals surface area contributed by atoms with Gasteiger partial charge in [0.05, 0.1) is 12.2 Å². The lowest BCUT2D eigenvalue weighted by molar-refractivity contribution is 0.845. The minimum Gasteiger partial charge on any atom is -0.359 e. The van der Waals surface area contributed by atoms with E-state index in [-0.39, 0.29) is 24.0 Å². The number of guanidine groups is 1. The fourth-order valence-electron chi connectivity index (χ4n) is 1.53. The Morgan fingerprint density at radius 3 is 2.94 bits per heavy atom. The van der Waals surface area contributed by atoms with E-state index in [2.05, 4.69) is 20.6 Å². The van der Waals surface area contributed by atoms with Crippen LogP contribution in [0.4, 0.5) is 0 Å². The summed E-state index contributed by atoms with van der Waals surface area (Å²) in [5.41, 5.74) is 1.95. The minimum absolute atomic E-state index is 0. The van der Waals surface area contributed by atoms with Crippen molar-refractivity contribution in [3.8, 4) is 0 Å². The summed E-state index contributed by atoms with van der Waals surface area (Å²) in [4.78, 5) is 8.51. The summed E-state index contributed by atoms with van der Waals surface area (Å²) >= 11 is 0. The van der Waals surface area contributed by atoms with Crippen LogP contribution in [-0.4, -0.2) is 29.4 Å². The van der Waals surface area contributed by atoms with Crippen molar-refractivity contribution in [3.05, 3.63) is 36.3 Å². The van der Waals surface area contributed by atoms with Gasteiger partial charge in [0.1, 0.15) is 5.65 Å². The van der Waals surface area contributed by atoms with Gasteiger partial charge < -0.3 is 15.0 Å². The lowest BCUT2D eigenvalue weighted by atomic mass is 10.5. The number of imidazole rings is 1. The summed E-state index contributed by atoms with van der Waals surface area (Å²) in [5, 5.41) is 6.12. The summed E-state index contributed by atoms with van der Waals surface area (Å²) < 4.78 is 2.00. The molecule has 0 saturated heterocycles. The second kappa shape index (κ2) is 6.43. The Balaban J connectivity index is 0.00000144. The second-order valence-electron chi connectivity index (χ2n) is 3.37. The Bertz CT molecular complexity index is 472. The molecule has 2 rings (SSSR count). The van der Waals surface area contributed by atoms with Crippen molar-refractivity contribution in [2.45, 2.75) is 6.54 Å². The zero-order valence-electron chi connectivity index (χ0n) is 9.84. The molecule has 0 amide bonds. The quantitative estimate of drug-likeness (QED) is 0.489. The van der Waals surface area contributed by atoms with E-state index in [1.807, 2.05) is 42.0 Å². The Kier molecular flexibility index (Phi) is 5.20. The van der Waals surface area contributed by atoms with E-state index < -0.39 is 0 Å². The maximum absolute atomic E-state index is 4.47. The number of rotatable bonds is 2. The van der Waals surface area contributed by atoms with Crippen LogP contribution in [-0.2, 0) is 6.54 Å². The predicted molar refractivity (Wildman–Crippen MR) is 79.9 cm³/mol. The molecule has 0 aliphatic carbocycles. The zero-order valence-corrected chi connectivity index (χ0v) is 12.2. The molecule has 0 radical (unpaired) electrons. The van der Waals surface area contributed by atoms with Crippen LogP contribution in [0.5, 0.6) is 0 Å². The molecule has 0 saturated carbocycles. The van der Waals surface area contributed by atoms with E-state index >= 15 is 0 Å². The lowest BCUT2D eigenvalue weighted by Crippen LogP contribution is -2.34. The summed E-state index contributed by atoms with van der Waals surface area (Å²) in [5.74, 6) is 0.761. The van der Waals surface area contributed by atoms with Crippen molar-refractivity contribution in [1.29, 1.82) is 0 Å². The summed E-state index contributed by atoms with van der Waals surface area (Å²) in [7, 11) is 3.57. The molecule has 2 heterocycles. The minimum atomic E-state index is 0. The van der Waals surface area contributed by atoms with Crippen molar-refractivity contribution in [3.63, 3.8) is 0 Å². The molecule has 17 heavy (non-hydrogen) atoms. The monoisotopic (exact) mass is 345 g/mol. The third-order valence-electron chi connectivity index (χ3n) is 2.31. The third-order valence-corrected chi connectivity index (χ3v) is 2.31. The summed E-state index contributed by atoms with van der Waals surface area (Å²) in [6, 6.07) is 5.95. The highest BCUT2D eigenvalue weighted by Crippen LogP contribution is 2.03. The predicted octanol–water partition coefficient (Wildman–Crippen LogP) is 1.25. The molecular weight excluding hydrogens is 329 g/mol. The van der Waals surface area contributed by atoms with Crippen LogP contribution in [0.25, 0.3) is 5.65 Å². The van der Waals surface area contributed by atoms with Gasteiger partial charge in [-0.15, -0.1) is 24.0 Å². The van der Waals surface area contributed by atoms with Crippen LogP contribution in [0, 0.1) is 0 Å². The highest BCUT2D eigenvalue weighted by molar-refractivity contribution is 14.0. The number of aliphatic imine (C=N–C) groups is 1. The first-order valence-corrected chi connectivity index (χ1v) is 5.14. The SMILES string of the molecule is CN=C(NC)NCc1cn2ccccc2n1.I. The van der Waals surface area contributed by atoms with Gasteiger partial charge in [-0.3, -0.25) is 4.99 Å². The van der Waals surface area contributed by atoms with Crippen LogP contribution in [0.3, 0.4) is 0 Å². The Hall–Kier alpha value is -1.31. The lowest BCUT2D eigenvalue weighted by Gasteiger charge is -2.05. The van der Waals surface area contributed by atoms with E-state index in [4.69, 9.17) is 0 Å². The molecule has 0 atom stereocenters. The molecule has 2 N–H and O–H groups in total. The number of hydrogen-bond donors (Lipinski definition) is 2. The van der Waals surface area contributed by atoms with E-state index in [1.165, 1.54) is 0 Å². The molecule has 5 nitrogen and oxygen atoms in total. The van der Waals surface area contributed by atoms with E-state index in [9.17, 15) is 0 Å². The topological polar surface area (TPSA) is 53.7 Å². The number of hydrogen-bond acceptors (Lipinski definition) is 2. The number of fused-ring (bicyclic) bond motifs is 1. The average molecular weight is 345 g/mol. The summed E-state index contributed by atoms with van der Waals surface area (Å²) in [6.07, 6.45) is 3.99. The number of aromatic nitrogens is 2. The van der Waals surface area contributed by atoms with Gasteiger partial charge in [0, 0.05) is 26.5 Å². The number of halogens is 1. The van der Waals surface area contributed by atoms with Gasteiger partial charge in [-0.1, -0.05) is 6.07 Å². The van der Waals surface area contributed by atoms with Crippen molar-refractivity contribution in [2.75, 3.05) is 14.1 Å². The van der Waals surface area contributed by atoms with Crippen LogP contribution < -0.4 is 10.6 Å². The van der Waals surface area contributed by atoms with Crippen LogP contribution in [0.2, 0.25) is 0 Å². The molecule has 0 fully saturated rings. The largest absolute Gasteiger partial charge is 0.359 e. The van der Waals surface area contributed by atoms with Crippen molar-refractivity contribution >= 4 is 35.6 Å². The Labute approximate surface area is 117 Å². The molecular formula is C11H16IN5. The van der Waals surface area contributed by atoms with Gasteiger partial charge in [-0.2, -0.15) is 0 Å². The smallest absolute Gasteiger partial charge is 0.191 e. The Morgan fingerprint density at radius 2 is 2.29 bits per heavy atom. The average Bonchev–Trinajstić information content (AvgIpc) is 2.73. The summed E-state index contributed by atoms with van der Waals surface area (Å²) in [6.45, 7) is 0.662. The molecule has 2 aromatic rings. The fraction of sp³-hybridized carbons (Fsp3) is 0.273. The van der Waals surface area contributed by atoms with Crippen LogP contribution in [0.1, 0.15) is 5.69 Å². The molecule has 0 aromatic carbocycles. The van der Waals surface area contributed by atoms with Gasteiger partial charge in [0.25, 0.3) is 0 Å². The molecule has 92 valence electrons. The normalized spacial score (nSPS) is 11.1. The van der Waals surface area contributed by atoms with Crippen molar-refractivity contribution in [1.82, 2.24) is 20.0 Å². The maximum Gasteiger partial charge on any atom is 0.191 e. The first-order chi connectivity index (χ1) is 7.83. The van der Waals surface area contributed by atoms with E-state index in [0.717, 1.165) is 17.3 Å². The van der Waals surface area contributed by atoms with Gasteiger partial charge in [0.2, 0.25) is 0 Å². The number of nitrogens with zero attached hydrogens (tertiary/aromatic N) is 3. The van der Waals surface area contributed by atoms with Gasteiger partial charge in [0.15, 0.2) is 5.96 Å². The number of nitrogens with one attached hydrogen (secondary N) is 2. The molecule has 6 heteroatoms. The molecule has 0 spiro atoms. The van der Waals surface area contributed by atoms with Crippen LogP contribution in [0.15, 0.2) is 35.6 Å². The first-order valence-electron chi connectivity index (χ1n) is 5.14. The molecule has 0 unspecified atom stereocenters. The van der Waals surface area contributed by atoms with Gasteiger partial charge >= 0.3 is 0 Å². The molecule has 2 aromatic heterocycles. The second-order valence-corrected chi connectivity index (χ2v) is 3.37. The third kappa shape index (κ3) is 3.32. The van der Waals surface area contributed by atoms with E-state index in [0.29, 0.717) is 6.54 Å². The first kappa shape index (κ1) is 13.8. The van der Waals surface area contributed by atoms with Crippen molar-refractivity contribution in [2.24, 2.45) is 4.99 Å². The fourth-order valence-corrected chi connectivity index (χ4v) is 1.53. The Morgan fingerprint density at radius 1 is 1.47 bits per heavy atom. The van der Waals surface area contributed by atoms with E-state index in [1.54, 1.807) is 7.05 Å². The molecule has 0 aliphatic rings. The zero-order chi connectivity index (χ0) is 11.4. The highest BCUT2D eigenvalue weighted by Gasteiger charge is 2.01. The van der Waals surface area contributed by atoms with Gasteiger partial charge in [-0.05, 0) is 12.1 Å². The molecule has 0 bridgehead atoms.